The van der Waals surface area contributed by atoms with Crippen molar-refractivity contribution in [3.05, 3.63) is 53.6 Å². The molecular formula is C17H19FN2O2. The van der Waals surface area contributed by atoms with Crippen LogP contribution in [0.5, 0.6) is 5.75 Å². The van der Waals surface area contributed by atoms with Crippen molar-refractivity contribution in [3.8, 4) is 5.75 Å². The Labute approximate surface area is 129 Å². The fraction of sp³-hybridized carbons (Fsp3) is 0.294. The highest BCUT2D eigenvalue weighted by Gasteiger charge is 2.22. The van der Waals surface area contributed by atoms with Crippen LogP contribution in [0.3, 0.4) is 0 Å². The molecule has 2 rings (SSSR count). The Morgan fingerprint density at radius 1 is 1.27 bits per heavy atom. The summed E-state index contributed by atoms with van der Waals surface area (Å²) in [6, 6.07) is 7.86. The van der Waals surface area contributed by atoms with Gasteiger partial charge in [0.1, 0.15) is 0 Å². The normalized spacial score (nSPS) is 10.6. The van der Waals surface area contributed by atoms with Gasteiger partial charge < -0.3 is 9.64 Å². The lowest BCUT2D eigenvalue weighted by Crippen LogP contribution is -2.37. The SMILES string of the molecule is COc1ccc(N(C(=O)c2ccc(C)nc2)C(C)C)cc1F. The largest absolute Gasteiger partial charge is 0.494 e. The molecule has 0 spiro atoms. The van der Waals surface area contributed by atoms with Crippen molar-refractivity contribution < 1.29 is 13.9 Å². The zero-order chi connectivity index (χ0) is 16.3. The third-order valence-corrected chi connectivity index (χ3v) is 3.31. The Balaban J connectivity index is 2.39. The number of hydrogen-bond donors (Lipinski definition) is 0. The molecule has 0 N–H and O–H groups in total. The number of aromatic nitrogens is 1. The maximum atomic E-state index is 13.9. The summed E-state index contributed by atoms with van der Waals surface area (Å²) in [4.78, 5) is 18.4. The lowest BCUT2D eigenvalue weighted by molar-refractivity contribution is 0.0980. The molecule has 0 radical (unpaired) electrons. The van der Waals surface area contributed by atoms with Gasteiger partial charge in [0.05, 0.1) is 12.7 Å². The number of ether oxygens (including phenoxy) is 1. The molecule has 1 heterocycles. The molecule has 1 aromatic carbocycles. The van der Waals surface area contributed by atoms with Crippen LogP contribution < -0.4 is 9.64 Å². The second kappa shape index (κ2) is 6.56. The summed E-state index contributed by atoms with van der Waals surface area (Å²) in [5, 5.41) is 0. The highest BCUT2D eigenvalue weighted by molar-refractivity contribution is 6.06. The monoisotopic (exact) mass is 302 g/mol. The minimum Gasteiger partial charge on any atom is -0.494 e. The molecule has 0 aliphatic carbocycles. The predicted octanol–water partition coefficient (Wildman–Crippen LogP) is 3.59. The first-order chi connectivity index (χ1) is 10.4. The van der Waals surface area contributed by atoms with Crippen LogP contribution in [0, 0.1) is 12.7 Å². The van der Waals surface area contributed by atoms with Crippen LogP contribution in [-0.4, -0.2) is 24.0 Å². The van der Waals surface area contributed by atoms with E-state index in [1.54, 1.807) is 18.2 Å². The number of nitrogens with zero attached hydrogens (tertiary/aromatic N) is 2. The first-order valence-electron chi connectivity index (χ1n) is 7.03. The summed E-state index contributed by atoms with van der Waals surface area (Å²) < 4.78 is 18.8. The first-order valence-corrected chi connectivity index (χ1v) is 7.03. The van der Waals surface area contributed by atoms with E-state index >= 15 is 0 Å². The molecule has 22 heavy (non-hydrogen) atoms. The quantitative estimate of drug-likeness (QED) is 0.866. The second-order valence-corrected chi connectivity index (χ2v) is 5.28. The Hall–Kier alpha value is -2.43. The molecule has 0 unspecified atom stereocenters. The number of methoxy groups -OCH3 is 1. The minimum atomic E-state index is -0.500. The maximum Gasteiger partial charge on any atom is 0.260 e. The number of amides is 1. The van der Waals surface area contributed by atoms with E-state index in [0.717, 1.165) is 5.69 Å². The van der Waals surface area contributed by atoms with Gasteiger partial charge in [-0.25, -0.2) is 4.39 Å². The Kier molecular flexibility index (Phi) is 4.75. The van der Waals surface area contributed by atoms with E-state index in [0.29, 0.717) is 11.3 Å². The molecule has 0 atom stereocenters. The average molecular weight is 302 g/mol. The Morgan fingerprint density at radius 2 is 2.00 bits per heavy atom. The molecule has 116 valence electrons. The molecular weight excluding hydrogens is 283 g/mol. The predicted molar refractivity (Wildman–Crippen MR) is 83.9 cm³/mol. The van der Waals surface area contributed by atoms with Gasteiger partial charge in [0, 0.05) is 29.7 Å². The summed E-state index contributed by atoms with van der Waals surface area (Å²) in [6.45, 7) is 5.61. The summed E-state index contributed by atoms with van der Waals surface area (Å²) >= 11 is 0. The third kappa shape index (κ3) is 3.24. The van der Waals surface area contributed by atoms with E-state index in [4.69, 9.17) is 4.74 Å². The lowest BCUT2D eigenvalue weighted by Gasteiger charge is -2.27. The maximum absolute atomic E-state index is 13.9. The minimum absolute atomic E-state index is 0.124. The van der Waals surface area contributed by atoms with Crippen LogP contribution in [0.25, 0.3) is 0 Å². The molecule has 0 fully saturated rings. The van der Waals surface area contributed by atoms with Gasteiger partial charge in [-0.2, -0.15) is 0 Å². The van der Waals surface area contributed by atoms with Crippen LogP contribution in [-0.2, 0) is 0 Å². The molecule has 0 aliphatic rings. The Morgan fingerprint density at radius 3 is 2.50 bits per heavy atom. The molecule has 2 aromatic rings. The lowest BCUT2D eigenvalue weighted by atomic mass is 10.1. The zero-order valence-electron chi connectivity index (χ0n) is 13.1. The van der Waals surface area contributed by atoms with Gasteiger partial charge in [-0.05, 0) is 45.0 Å². The van der Waals surface area contributed by atoms with Crippen LogP contribution in [0.1, 0.15) is 29.9 Å². The molecule has 1 amide bonds. The number of carbonyl (C=O) groups is 1. The van der Waals surface area contributed by atoms with E-state index in [-0.39, 0.29) is 17.7 Å². The average Bonchev–Trinajstić information content (AvgIpc) is 2.48. The van der Waals surface area contributed by atoms with Gasteiger partial charge in [0.15, 0.2) is 11.6 Å². The van der Waals surface area contributed by atoms with Crippen molar-refractivity contribution >= 4 is 11.6 Å². The van der Waals surface area contributed by atoms with Gasteiger partial charge in [-0.1, -0.05) is 0 Å². The van der Waals surface area contributed by atoms with E-state index in [9.17, 15) is 9.18 Å². The number of aryl methyl sites for hydroxylation is 1. The number of pyridine rings is 1. The molecule has 0 saturated heterocycles. The van der Waals surface area contributed by atoms with E-state index in [1.165, 1.54) is 30.3 Å². The molecule has 0 saturated carbocycles. The topological polar surface area (TPSA) is 42.4 Å². The Bertz CT molecular complexity index is 669. The van der Waals surface area contributed by atoms with Gasteiger partial charge in [-0.3, -0.25) is 9.78 Å². The van der Waals surface area contributed by atoms with Crippen molar-refractivity contribution in [1.29, 1.82) is 0 Å². The smallest absolute Gasteiger partial charge is 0.260 e. The summed E-state index contributed by atoms with van der Waals surface area (Å²) in [5.74, 6) is -0.565. The van der Waals surface area contributed by atoms with Crippen LogP contribution >= 0.6 is 0 Å². The third-order valence-electron chi connectivity index (χ3n) is 3.31. The molecule has 0 bridgehead atoms. The van der Waals surface area contributed by atoms with Crippen molar-refractivity contribution in [2.24, 2.45) is 0 Å². The second-order valence-electron chi connectivity index (χ2n) is 5.28. The number of rotatable bonds is 4. The molecule has 1 aromatic heterocycles. The highest BCUT2D eigenvalue weighted by atomic mass is 19.1. The summed E-state index contributed by atoms with van der Waals surface area (Å²) in [5.41, 5.74) is 1.79. The molecule has 5 heteroatoms. The number of anilines is 1. The summed E-state index contributed by atoms with van der Waals surface area (Å²) in [6.07, 6.45) is 1.53. The zero-order valence-corrected chi connectivity index (χ0v) is 13.1. The van der Waals surface area contributed by atoms with Gasteiger partial charge in [0.25, 0.3) is 5.91 Å². The van der Waals surface area contributed by atoms with Crippen LogP contribution in [0.2, 0.25) is 0 Å². The van der Waals surface area contributed by atoms with Crippen molar-refractivity contribution in [2.75, 3.05) is 12.0 Å². The van der Waals surface area contributed by atoms with E-state index in [2.05, 4.69) is 4.98 Å². The van der Waals surface area contributed by atoms with Crippen LogP contribution in [0.15, 0.2) is 36.5 Å². The van der Waals surface area contributed by atoms with Crippen molar-refractivity contribution in [1.82, 2.24) is 4.98 Å². The summed E-state index contributed by atoms with van der Waals surface area (Å²) in [7, 11) is 1.40. The first kappa shape index (κ1) is 15.9. The molecule has 4 nitrogen and oxygen atoms in total. The number of halogens is 1. The van der Waals surface area contributed by atoms with Crippen molar-refractivity contribution in [2.45, 2.75) is 26.8 Å². The standard InChI is InChI=1S/C17H19FN2O2/c1-11(2)20(14-7-8-16(22-4)15(18)9-14)17(21)13-6-5-12(3)19-10-13/h5-11H,1-4H3. The number of hydrogen-bond acceptors (Lipinski definition) is 3. The van der Waals surface area contributed by atoms with E-state index < -0.39 is 5.82 Å². The fourth-order valence-electron chi connectivity index (χ4n) is 2.19. The van der Waals surface area contributed by atoms with Crippen molar-refractivity contribution in [3.63, 3.8) is 0 Å². The number of carbonyl (C=O) groups excluding carboxylic acids is 1. The fourth-order valence-corrected chi connectivity index (χ4v) is 2.19. The van der Waals surface area contributed by atoms with Gasteiger partial charge in [-0.15, -0.1) is 0 Å². The van der Waals surface area contributed by atoms with Crippen LogP contribution in [0.4, 0.5) is 10.1 Å². The molecule has 0 aliphatic heterocycles. The van der Waals surface area contributed by atoms with E-state index in [1.807, 2.05) is 20.8 Å². The number of benzene rings is 1. The highest BCUT2D eigenvalue weighted by Crippen LogP contribution is 2.26. The van der Waals surface area contributed by atoms with Gasteiger partial charge >= 0.3 is 0 Å². The van der Waals surface area contributed by atoms with Gasteiger partial charge in [0.2, 0.25) is 0 Å².